The van der Waals surface area contributed by atoms with Crippen LogP contribution in [0.5, 0.6) is 5.75 Å². The van der Waals surface area contributed by atoms with E-state index in [1.165, 1.54) is 0 Å². The van der Waals surface area contributed by atoms with Crippen molar-refractivity contribution in [3.05, 3.63) is 23.0 Å². The molecule has 0 aliphatic rings. The van der Waals surface area contributed by atoms with Gasteiger partial charge in [0.05, 0.1) is 12.3 Å². The molecule has 72 valence electrons. The van der Waals surface area contributed by atoms with Crippen molar-refractivity contribution >= 4 is 0 Å². The Bertz CT molecular complexity index is 297. The summed E-state index contributed by atoms with van der Waals surface area (Å²) in [4.78, 5) is 4.22. The summed E-state index contributed by atoms with van der Waals surface area (Å²) in [6.07, 6.45) is 1.81. The van der Waals surface area contributed by atoms with Gasteiger partial charge in [0.25, 0.3) is 0 Å². The fraction of sp³-hybridized carbons (Fsp3) is 0.500. The lowest BCUT2D eigenvalue weighted by Crippen LogP contribution is -2.05. The summed E-state index contributed by atoms with van der Waals surface area (Å²) in [7, 11) is 0. The summed E-state index contributed by atoms with van der Waals surface area (Å²) in [5.74, 6) is 0.880. The first-order chi connectivity index (χ1) is 6.20. The molecule has 0 fully saturated rings. The third kappa shape index (κ3) is 1.98. The van der Waals surface area contributed by atoms with Crippen LogP contribution in [-0.2, 0) is 6.54 Å². The fourth-order valence-corrected chi connectivity index (χ4v) is 1.31. The highest BCUT2D eigenvalue weighted by molar-refractivity contribution is 5.40. The van der Waals surface area contributed by atoms with Gasteiger partial charge in [0.2, 0.25) is 0 Å². The third-order valence-corrected chi connectivity index (χ3v) is 2.07. The van der Waals surface area contributed by atoms with Gasteiger partial charge in [0.15, 0.2) is 0 Å². The molecule has 1 aromatic rings. The van der Waals surface area contributed by atoms with Gasteiger partial charge in [0.1, 0.15) is 5.75 Å². The van der Waals surface area contributed by atoms with Crippen molar-refractivity contribution in [1.29, 1.82) is 0 Å². The molecule has 0 unspecified atom stereocenters. The van der Waals surface area contributed by atoms with E-state index in [-0.39, 0.29) is 0 Å². The predicted octanol–water partition coefficient (Wildman–Crippen LogP) is 1.56. The standard InChI is InChI=1S/C10H16N2O/c1-4-13-10-7(2)9(5-11)6-12-8(10)3/h6H,4-5,11H2,1-3H3. The molecule has 1 aromatic heterocycles. The van der Waals surface area contributed by atoms with E-state index >= 15 is 0 Å². The van der Waals surface area contributed by atoms with Gasteiger partial charge in [-0.15, -0.1) is 0 Å². The van der Waals surface area contributed by atoms with Crippen molar-refractivity contribution in [2.75, 3.05) is 6.61 Å². The molecule has 3 nitrogen and oxygen atoms in total. The molecule has 0 bridgehead atoms. The van der Waals surface area contributed by atoms with Crippen LogP contribution in [0.25, 0.3) is 0 Å². The molecule has 0 aliphatic carbocycles. The number of ether oxygens (including phenoxy) is 1. The average Bonchev–Trinajstić information content (AvgIpc) is 2.12. The van der Waals surface area contributed by atoms with Gasteiger partial charge >= 0.3 is 0 Å². The largest absolute Gasteiger partial charge is 0.492 e. The molecule has 0 saturated heterocycles. The number of aryl methyl sites for hydroxylation is 1. The second kappa shape index (κ2) is 4.23. The van der Waals surface area contributed by atoms with Gasteiger partial charge in [-0.25, -0.2) is 0 Å². The molecule has 2 N–H and O–H groups in total. The summed E-state index contributed by atoms with van der Waals surface area (Å²) in [6.45, 7) is 7.10. The summed E-state index contributed by atoms with van der Waals surface area (Å²) in [5, 5.41) is 0. The van der Waals surface area contributed by atoms with E-state index in [0.29, 0.717) is 13.2 Å². The molecule has 0 saturated carbocycles. The second-order valence-corrected chi connectivity index (χ2v) is 2.96. The highest BCUT2D eigenvalue weighted by Gasteiger charge is 2.07. The number of nitrogens with two attached hydrogens (primary N) is 1. The Morgan fingerprint density at radius 1 is 1.46 bits per heavy atom. The van der Waals surface area contributed by atoms with Gasteiger partial charge in [-0.1, -0.05) is 0 Å². The molecule has 1 heterocycles. The van der Waals surface area contributed by atoms with E-state index in [1.807, 2.05) is 27.0 Å². The number of pyridine rings is 1. The first-order valence-corrected chi connectivity index (χ1v) is 4.48. The minimum Gasteiger partial charge on any atom is -0.492 e. The van der Waals surface area contributed by atoms with E-state index in [9.17, 15) is 0 Å². The summed E-state index contributed by atoms with van der Waals surface area (Å²) in [6, 6.07) is 0. The maximum atomic E-state index is 5.57. The van der Waals surface area contributed by atoms with Crippen molar-refractivity contribution in [3.8, 4) is 5.75 Å². The lowest BCUT2D eigenvalue weighted by Gasteiger charge is -2.12. The monoisotopic (exact) mass is 180 g/mol. The van der Waals surface area contributed by atoms with Crippen molar-refractivity contribution in [3.63, 3.8) is 0 Å². The zero-order valence-corrected chi connectivity index (χ0v) is 8.42. The van der Waals surface area contributed by atoms with Gasteiger partial charge in [-0.05, 0) is 31.9 Å². The van der Waals surface area contributed by atoms with Crippen LogP contribution in [0.15, 0.2) is 6.20 Å². The normalized spacial score (nSPS) is 10.2. The zero-order chi connectivity index (χ0) is 9.84. The van der Waals surface area contributed by atoms with E-state index < -0.39 is 0 Å². The van der Waals surface area contributed by atoms with Crippen LogP contribution in [0.4, 0.5) is 0 Å². The van der Waals surface area contributed by atoms with Crippen molar-refractivity contribution in [2.24, 2.45) is 5.73 Å². The maximum absolute atomic E-state index is 5.57. The first-order valence-electron chi connectivity index (χ1n) is 4.48. The molecular formula is C10H16N2O. The van der Waals surface area contributed by atoms with Crippen molar-refractivity contribution < 1.29 is 4.74 Å². The van der Waals surface area contributed by atoms with Gasteiger partial charge in [-0.3, -0.25) is 4.98 Å². The molecule has 0 aromatic carbocycles. The van der Waals surface area contributed by atoms with Gasteiger partial charge < -0.3 is 10.5 Å². The Balaban J connectivity index is 3.13. The van der Waals surface area contributed by atoms with Crippen LogP contribution in [0, 0.1) is 13.8 Å². The number of rotatable bonds is 3. The zero-order valence-electron chi connectivity index (χ0n) is 8.42. The van der Waals surface area contributed by atoms with Gasteiger partial charge in [-0.2, -0.15) is 0 Å². The number of aromatic nitrogens is 1. The van der Waals surface area contributed by atoms with E-state index in [4.69, 9.17) is 10.5 Å². The summed E-state index contributed by atoms with van der Waals surface area (Å²) >= 11 is 0. The van der Waals surface area contributed by atoms with E-state index in [1.54, 1.807) is 0 Å². The first kappa shape index (κ1) is 9.99. The predicted molar refractivity (Wildman–Crippen MR) is 52.8 cm³/mol. The Kier molecular flexibility index (Phi) is 3.25. The molecule has 1 rings (SSSR count). The van der Waals surface area contributed by atoms with Crippen LogP contribution < -0.4 is 10.5 Å². The average molecular weight is 180 g/mol. The lowest BCUT2D eigenvalue weighted by atomic mass is 10.1. The van der Waals surface area contributed by atoms with E-state index in [0.717, 1.165) is 22.6 Å². The molecule has 0 atom stereocenters. The molecule has 13 heavy (non-hydrogen) atoms. The van der Waals surface area contributed by atoms with Crippen LogP contribution >= 0.6 is 0 Å². The highest BCUT2D eigenvalue weighted by atomic mass is 16.5. The number of hydrogen-bond acceptors (Lipinski definition) is 3. The number of nitrogens with zero attached hydrogens (tertiary/aromatic N) is 1. The van der Waals surface area contributed by atoms with Crippen molar-refractivity contribution in [1.82, 2.24) is 4.98 Å². The highest BCUT2D eigenvalue weighted by Crippen LogP contribution is 2.23. The van der Waals surface area contributed by atoms with Crippen LogP contribution in [0.1, 0.15) is 23.7 Å². The Morgan fingerprint density at radius 2 is 2.15 bits per heavy atom. The van der Waals surface area contributed by atoms with Gasteiger partial charge in [0, 0.05) is 12.7 Å². The SMILES string of the molecule is CCOc1c(C)ncc(CN)c1C. The second-order valence-electron chi connectivity index (χ2n) is 2.96. The number of hydrogen-bond donors (Lipinski definition) is 1. The summed E-state index contributed by atoms with van der Waals surface area (Å²) < 4.78 is 5.49. The minimum atomic E-state index is 0.513. The minimum absolute atomic E-state index is 0.513. The topological polar surface area (TPSA) is 48.1 Å². The third-order valence-electron chi connectivity index (χ3n) is 2.07. The molecule has 0 spiro atoms. The van der Waals surface area contributed by atoms with Crippen LogP contribution in [0.2, 0.25) is 0 Å². The van der Waals surface area contributed by atoms with Crippen LogP contribution in [-0.4, -0.2) is 11.6 Å². The molecular weight excluding hydrogens is 164 g/mol. The molecule has 0 radical (unpaired) electrons. The molecule has 0 amide bonds. The smallest absolute Gasteiger partial charge is 0.143 e. The van der Waals surface area contributed by atoms with Crippen molar-refractivity contribution in [2.45, 2.75) is 27.3 Å². The quantitative estimate of drug-likeness (QED) is 0.767. The Hall–Kier alpha value is -1.09. The lowest BCUT2D eigenvalue weighted by molar-refractivity contribution is 0.333. The Labute approximate surface area is 78.9 Å². The maximum Gasteiger partial charge on any atom is 0.143 e. The fourth-order valence-electron chi connectivity index (χ4n) is 1.31. The molecule has 3 heteroatoms. The molecule has 0 aliphatic heterocycles. The Morgan fingerprint density at radius 3 is 2.69 bits per heavy atom. The summed E-state index contributed by atoms with van der Waals surface area (Å²) in [5.41, 5.74) is 8.66. The van der Waals surface area contributed by atoms with Crippen LogP contribution in [0.3, 0.4) is 0 Å². The van der Waals surface area contributed by atoms with E-state index in [2.05, 4.69) is 4.98 Å².